The number of methoxy groups -OCH3 is 1. The first-order valence-electron chi connectivity index (χ1n) is 11.4. The molecule has 1 heterocycles. The molecule has 3 aliphatic carbocycles. The van der Waals surface area contributed by atoms with Gasteiger partial charge in [0.25, 0.3) is 0 Å². The van der Waals surface area contributed by atoms with Gasteiger partial charge in [-0.05, 0) is 77.1 Å². The largest absolute Gasteiger partial charge is 0.507 e. The maximum Gasteiger partial charge on any atom is 0.408 e. The summed E-state index contributed by atoms with van der Waals surface area (Å²) >= 11 is 0. The molecule has 5 rings (SSSR count). The number of phenols is 1. The number of halogens is 1. The Morgan fingerprint density at radius 3 is 2.47 bits per heavy atom. The van der Waals surface area contributed by atoms with Crippen LogP contribution in [0.15, 0.2) is 24.4 Å². The van der Waals surface area contributed by atoms with E-state index in [0.29, 0.717) is 30.4 Å². The molecule has 0 spiro atoms. The third kappa shape index (κ3) is 3.89. The van der Waals surface area contributed by atoms with E-state index in [1.165, 1.54) is 13.3 Å². The second-order valence-corrected chi connectivity index (χ2v) is 10.7. The van der Waals surface area contributed by atoms with Gasteiger partial charge in [0.15, 0.2) is 5.82 Å². The van der Waals surface area contributed by atoms with Crippen molar-refractivity contribution in [1.29, 1.82) is 0 Å². The minimum Gasteiger partial charge on any atom is -0.507 e. The molecule has 34 heavy (non-hydrogen) atoms. The summed E-state index contributed by atoms with van der Waals surface area (Å²) in [4.78, 5) is 28.5. The van der Waals surface area contributed by atoms with Crippen LogP contribution in [0.2, 0.25) is 0 Å². The summed E-state index contributed by atoms with van der Waals surface area (Å²) in [6.07, 6.45) is 2.57. The lowest BCUT2D eigenvalue weighted by atomic mass is 9.33. The van der Waals surface area contributed by atoms with Crippen LogP contribution in [0.3, 0.4) is 0 Å². The molecule has 0 aliphatic heterocycles. The summed E-state index contributed by atoms with van der Waals surface area (Å²) in [5.74, 6) is -0.891. The zero-order chi connectivity index (χ0) is 25.1. The Bertz CT molecular complexity index is 1150. The highest BCUT2D eigenvalue weighted by Gasteiger charge is 2.73. The number of esters is 1. The molecule has 2 N–H and O–H groups in total. The topological polar surface area (TPSA) is 97.8 Å². The number of amides is 1. The van der Waals surface area contributed by atoms with Crippen LogP contribution in [0, 0.1) is 18.2 Å². The molecule has 7 nitrogen and oxygen atoms in total. The van der Waals surface area contributed by atoms with Crippen molar-refractivity contribution in [1.82, 2.24) is 10.3 Å². The van der Waals surface area contributed by atoms with Crippen molar-refractivity contribution < 1.29 is 28.6 Å². The van der Waals surface area contributed by atoms with Gasteiger partial charge in [0.2, 0.25) is 0 Å². The molecule has 0 radical (unpaired) electrons. The van der Waals surface area contributed by atoms with E-state index in [9.17, 15) is 14.7 Å². The van der Waals surface area contributed by atoms with E-state index in [2.05, 4.69) is 10.3 Å². The molecule has 1 aromatic heterocycles. The quantitative estimate of drug-likeness (QED) is 0.592. The number of aryl methyl sites for hydroxylation is 1. The minimum absolute atomic E-state index is 0.0428. The fourth-order valence-corrected chi connectivity index (χ4v) is 5.43. The molecule has 1 aromatic carbocycles. The van der Waals surface area contributed by atoms with Gasteiger partial charge in [0.05, 0.1) is 18.6 Å². The predicted molar refractivity (Wildman–Crippen MR) is 124 cm³/mol. The van der Waals surface area contributed by atoms with E-state index in [4.69, 9.17) is 9.47 Å². The first-order chi connectivity index (χ1) is 15.8. The molecule has 2 bridgehead atoms. The van der Waals surface area contributed by atoms with Crippen molar-refractivity contribution in [3.05, 3.63) is 46.9 Å². The molecule has 182 valence electrons. The van der Waals surface area contributed by atoms with Gasteiger partial charge in [-0.1, -0.05) is 6.07 Å². The number of phenolic OH excluding ortho intramolecular Hbond substituents is 1. The van der Waals surface area contributed by atoms with E-state index in [1.54, 1.807) is 45.9 Å². The number of rotatable bonds is 5. The number of pyridine rings is 1. The van der Waals surface area contributed by atoms with E-state index in [-0.39, 0.29) is 23.0 Å². The van der Waals surface area contributed by atoms with Crippen molar-refractivity contribution in [3.8, 4) is 17.0 Å². The lowest BCUT2D eigenvalue weighted by molar-refractivity contribution is -0.198. The molecule has 1 atom stereocenters. The van der Waals surface area contributed by atoms with Crippen LogP contribution in [-0.4, -0.2) is 34.9 Å². The third-order valence-electron chi connectivity index (χ3n) is 6.85. The predicted octanol–water partition coefficient (Wildman–Crippen LogP) is 5.08. The Morgan fingerprint density at radius 1 is 1.24 bits per heavy atom. The summed E-state index contributed by atoms with van der Waals surface area (Å²) in [5, 5.41) is 13.8. The van der Waals surface area contributed by atoms with Gasteiger partial charge >= 0.3 is 12.1 Å². The van der Waals surface area contributed by atoms with E-state index in [0.717, 1.165) is 5.56 Å². The zero-order valence-corrected chi connectivity index (χ0v) is 20.4. The first-order valence-corrected chi connectivity index (χ1v) is 11.4. The number of nitrogens with zero attached hydrogens (tertiary/aromatic N) is 1. The molecule has 0 unspecified atom stereocenters. The van der Waals surface area contributed by atoms with Crippen LogP contribution >= 0.6 is 0 Å². The molecular formula is C26H31FN2O5. The first kappa shape index (κ1) is 24.0. The molecule has 0 saturated heterocycles. The fraction of sp³-hybridized carbons (Fsp3) is 0.500. The van der Waals surface area contributed by atoms with Gasteiger partial charge in [-0.15, -0.1) is 0 Å². The van der Waals surface area contributed by atoms with E-state index >= 15 is 4.39 Å². The van der Waals surface area contributed by atoms with Gasteiger partial charge < -0.3 is 19.9 Å². The van der Waals surface area contributed by atoms with Crippen molar-refractivity contribution in [2.45, 2.75) is 70.9 Å². The Balaban J connectivity index is 1.64. The van der Waals surface area contributed by atoms with Gasteiger partial charge in [0.1, 0.15) is 17.0 Å². The summed E-state index contributed by atoms with van der Waals surface area (Å²) in [7, 11) is 1.37. The van der Waals surface area contributed by atoms with Crippen LogP contribution in [0.25, 0.3) is 11.3 Å². The minimum atomic E-state index is -0.662. The number of ether oxygens (including phenoxy) is 2. The second kappa shape index (κ2) is 7.96. The number of hydrogen-bond acceptors (Lipinski definition) is 6. The Morgan fingerprint density at radius 2 is 1.88 bits per heavy atom. The van der Waals surface area contributed by atoms with E-state index in [1.807, 2.05) is 6.92 Å². The maximum absolute atomic E-state index is 15.8. The van der Waals surface area contributed by atoms with Crippen LogP contribution in [0.1, 0.15) is 69.7 Å². The van der Waals surface area contributed by atoms with E-state index < -0.39 is 34.4 Å². The summed E-state index contributed by atoms with van der Waals surface area (Å²) in [6.45, 7) is 8.84. The number of nitrogens with one attached hydrogen (secondary N) is 1. The standard InChI is InChI=1S/C26H31FN2O5/c1-14-9-16(15(2)29-23(32)34-24(3,4)5)21(30)17(10-14)20-19(27)18(7-8-28-20)25-11-26(12-25,13-25)22(31)33-6/h7-10,15,30H,11-13H2,1-6H3,(H,29,32)/t15-,25?,26?/m1/s1. The Kier molecular flexibility index (Phi) is 5.61. The smallest absolute Gasteiger partial charge is 0.408 e. The monoisotopic (exact) mass is 470 g/mol. The Hall–Kier alpha value is -3.16. The summed E-state index contributed by atoms with van der Waals surface area (Å²) in [5.41, 5.74) is 0.458. The van der Waals surface area contributed by atoms with Crippen molar-refractivity contribution in [3.63, 3.8) is 0 Å². The average molecular weight is 471 g/mol. The lowest BCUT2D eigenvalue weighted by Crippen LogP contribution is -2.68. The van der Waals surface area contributed by atoms with Gasteiger partial charge in [0, 0.05) is 22.7 Å². The van der Waals surface area contributed by atoms with Crippen LogP contribution in [-0.2, 0) is 19.7 Å². The lowest BCUT2D eigenvalue weighted by Gasteiger charge is -2.68. The molecule has 3 saturated carbocycles. The highest BCUT2D eigenvalue weighted by atomic mass is 19.1. The molecular weight excluding hydrogens is 439 g/mol. The van der Waals surface area contributed by atoms with Crippen LogP contribution in [0.4, 0.5) is 9.18 Å². The highest BCUT2D eigenvalue weighted by molar-refractivity contribution is 5.83. The number of benzene rings is 1. The van der Waals surface area contributed by atoms with Gasteiger partial charge in [-0.2, -0.15) is 0 Å². The number of hydrogen-bond donors (Lipinski definition) is 2. The number of aromatic hydroxyl groups is 1. The SMILES string of the molecule is COC(=O)C12CC(c3ccnc(-c4cc(C)cc([C@@H](C)NC(=O)OC(C)(C)C)c4O)c3F)(C1)C2. The fourth-order valence-electron chi connectivity index (χ4n) is 5.43. The normalized spacial score (nSPS) is 23.9. The zero-order valence-electron chi connectivity index (χ0n) is 20.4. The number of alkyl carbamates (subject to hydrolysis) is 1. The summed E-state index contributed by atoms with van der Waals surface area (Å²) < 4.78 is 26.0. The number of carbonyl (C=O) groups excluding carboxylic acids is 2. The van der Waals surface area contributed by atoms with Crippen molar-refractivity contribution >= 4 is 12.1 Å². The summed E-state index contributed by atoms with van der Waals surface area (Å²) in [6, 6.07) is 4.48. The molecule has 3 aliphatic rings. The molecule has 2 aromatic rings. The third-order valence-corrected chi connectivity index (χ3v) is 6.85. The second-order valence-electron chi connectivity index (χ2n) is 10.7. The molecule has 1 amide bonds. The molecule has 8 heteroatoms. The maximum atomic E-state index is 15.8. The number of aromatic nitrogens is 1. The average Bonchev–Trinajstić information content (AvgIpc) is 2.67. The molecule has 3 fully saturated rings. The van der Waals surface area contributed by atoms with Gasteiger partial charge in [-0.3, -0.25) is 9.78 Å². The highest BCUT2D eigenvalue weighted by Crippen LogP contribution is 2.74. The van der Waals surface area contributed by atoms with Gasteiger partial charge in [-0.25, -0.2) is 9.18 Å². The van der Waals surface area contributed by atoms with Crippen LogP contribution in [0.5, 0.6) is 5.75 Å². The van der Waals surface area contributed by atoms with Crippen LogP contribution < -0.4 is 5.32 Å². The number of carbonyl (C=O) groups is 2. The van der Waals surface area contributed by atoms with Crippen molar-refractivity contribution in [2.24, 2.45) is 5.41 Å². The Labute approximate surface area is 198 Å². The van der Waals surface area contributed by atoms with Crippen molar-refractivity contribution in [2.75, 3.05) is 7.11 Å².